The number of halogens is 4. The molecule has 112 valence electrons. The quantitative estimate of drug-likeness (QED) is 0.777. The van der Waals surface area contributed by atoms with E-state index in [2.05, 4.69) is 15.3 Å². The first-order chi connectivity index (χ1) is 9.66. The number of hydrogen-bond acceptors (Lipinski definition) is 3. The van der Waals surface area contributed by atoms with E-state index in [0.29, 0.717) is 5.82 Å². The van der Waals surface area contributed by atoms with Gasteiger partial charge in [-0.15, -0.1) is 0 Å². The van der Waals surface area contributed by atoms with Crippen molar-refractivity contribution in [2.75, 3.05) is 5.32 Å². The third kappa shape index (κ3) is 3.80. The molecule has 0 radical (unpaired) electrons. The predicted octanol–water partition coefficient (Wildman–Crippen LogP) is 5.10. The van der Waals surface area contributed by atoms with Crippen molar-refractivity contribution < 1.29 is 8.78 Å². The van der Waals surface area contributed by atoms with Crippen molar-refractivity contribution in [3.8, 4) is 0 Å². The lowest BCUT2D eigenvalue weighted by Crippen LogP contribution is -2.17. The summed E-state index contributed by atoms with van der Waals surface area (Å²) in [7, 11) is 0. The van der Waals surface area contributed by atoms with Gasteiger partial charge in [-0.3, -0.25) is 0 Å². The molecule has 0 unspecified atom stereocenters. The van der Waals surface area contributed by atoms with Gasteiger partial charge in [0.25, 0.3) is 0 Å². The molecule has 0 aliphatic carbocycles. The molecule has 3 nitrogen and oxygen atoms in total. The van der Waals surface area contributed by atoms with E-state index >= 15 is 0 Å². The summed E-state index contributed by atoms with van der Waals surface area (Å²) in [5, 5.41) is 2.85. The lowest BCUT2D eigenvalue weighted by molar-refractivity contribution is 0.546. The molecular weight excluding hydrogens is 319 g/mol. The fourth-order valence-electron chi connectivity index (χ4n) is 1.61. The number of hydrogen-bond donors (Lipinski definition) is 1. The Morgan fingerprint density at radius 2 is 1.71 bits per heavy atom. The zero-order valence-electron chi connectivity index (χ0n) is 11.6. The number of nitrogens with zero attached hydrogens (tertiary/aromatic N) is 2. The Kier molecular flexibility index (Phi) is 4.35. The Balaban J connectivity index is 2.43. The summed E-state index contributed by atoms with van der Waals surface area (Å²) in [5.74, 6) is -0.783. The minimum atomic E-state index is -0.813. The molecule has 0 amide bonds. The topological polar surface area (TPSA) is 37.8 Å². The first kappa shape index (κ1) is 15.9. The van der Waals surface area contributed by atoms with E-state index in [9.17, 15) is 8.78 Å². The van der Waals surface area contributed by atoms with E-state index in [4.69, 9.17) is 23.2 Å². The lowest BCUT2D eigenvalue weighted by atomic mass is 9.96. The average molecular weight is 332 g/mol. The van der Waals surface area contributed by atoms with E-state index in [1.165, 1.54) is 6.07 Å². The van der Waals surface area contributed by atoms with Crippen LogP contribution in [0.25, 0.3) is 0 Å². The van der Waals surface area contributed by atoms with Gasteiger partial charge in [0.05, 0.1) is 10.7 Å². The third-order valence-corrected chi connectivity index (χ3v) is 3.12. The lowest BCUT2D eigenvalue weighted by Gasteiger charge is -2.18. The van der Waals surface area contributed by atoms with Gasteiger partial charge in [-0.1, -0.05) is 44.0 Å². The minimum Gasteiger partial charge on any atom is -0.336 e. The molecular formula is C14H13Cl2F2N3. The van der Waals surface area contributed by atoms with Crippen molar-refractivity contribution in [3.63, 3.8) is 0 Å². The van der Waals surface area contributed by atoms with Crippen LogP contribution < -0.4 is 5.32 Å². The van der Waals surface area contributed by atoms with Crippen molar-refractivity contribution in [1.82, 2.24) is 9.97 Å². The van der Waals surface area contributed by atoms with Gasteiger partial charge in [-0.2, -0.15) is 0 Å². The maximum atomic E-state index is 13.8. The van der Waals surface area contributed by atoms with Gasteiger partial charge in [-0.05, 0) is 6.07 Å². The molecule has 2 aromatic rings. The Morgan fingerprint density at radius 1 is 1.05 bits per heavy atom. The molecule has 1 heterocycles. The van der Waals surface area contributed by atoms with Crippen LogP contribution in [0, 0.1) is 11.6 Å². The highest BCUT2D eigenvalue weighted by atomic mass is 35.5. The van der Waals surface area contributed by atoms with Gasteiger partial charge in [0.1, 0.15) is 22.6 Å². The zero-order chi connectivity index (χ0) is 15.8. The standard InChI is InChI=1S/C14H13Cl2F2N3/c1-14(2,3)13-19-10(16)6-11(21-13)20-12-8(15)4-7(17)5-9(12)18/h4-6H,1-3H3,(H,19,20,21). The van der Waals surface area contributed by atoms with Gasteiger partial charge < -0.3 is 5.32 Å². The highest BCUT2D eigenvalue weighted by Gasteiger charge is 2.19. The van der Waals surface area contributed by atoms with Crippen molar-refractivity contribution >= 4 is 34.7 Å². The minimum absolute atomic E-state index is 0.0623. The van der Waals surface area contributed by atoms with Gasteiger partial charge >= 0.3 is 0 Å². The van der Waals surface area contributed by atoms with Crippen LogP contribution in [-0.2, 0) is 5.41 Å². The van der Waals surface area contributed by atoms with Crippen LogP contribution in [0.4, 0.5) is 20.3 Å². The zero-order valence-corrected chi connectivity index (χ0v) is 13.2. The molecule has 0 aliphatic heterocycles. The molecule has 0 aliphatic rings. The number of anilines is 2. The van der Waals surface area contributed by atoms with Gasteiger partial charge in [-0.25, -0.2) is 18.7 Å². The Bertz CT molecular complexity index is 661. The summed E-state index contributed by atoms with van der Waals surface area (Å²) in [6.45, 7) is 5.77. The van der Waals surface area contributed by atoms with Crippen molar-refractivity contribution in [1.29, 1.82) is 0 Å². The maximum absolute atomic E-state index is 13.8. The summed E-state index contributed by atoms with van der Waals surface area (Å²) in [6.07, 6.45) is 0. The van der Waals surface area contributed by atoms with Crippen LogP contribution in [-0.4, -0.2) is 9.97 Å². The summed E-state index contributed by atoms with van der Waals surface area (Å²) in [4.78, 5) is 8.41. The van der Waals surface area contributed by atoms with Crippen LogP contribution >= 0.6 is 23.2 Å². The molecule has 0 spiro atoms. The molecule has 0 fully saturated rings. The summed E-state index contributed by atoms with van der Waals surface area (Å²) in [6, 6.07) is 3.19. The number of aromatic nitrogens is 2. The highest BCUT2D eigenvalue weighted by Crippen LogP contribution is 2.30. The molecule has 1 aromatic heterocycles. The Morgan fingerprint density at radius 3 is 2.29 bits per heavy atom. The van der Waals surface area contributed by atoms with Crippen molar-refractivity contribution in [2.45, 2.75) is 26.2 Å². The Labute approximate surface area is 131 Å². The average Bonchev–Trinajstić information content (AvgIpc) is 2.32. The second kappa shape index (κ2) is 5.73. The van der Waals surface area contributed by atoms with E-state index in [1.807, 2.05) is 20.8 Å². The SMILES string of the molecule is CC(C)(C)c1nc(Cl)cc(Nc2c(F)cc(F)cc2Cl)n1. The second-order valence-corrected chi connectivity index (χ2v) is 6.31. The first-order valence-corrected chi connectivity index (χ1v) is 6.89. The molecule has 1 N–H and O–H groups in total. The number of benzene rings is 1. The van der Waals surface area contributed by atoms with Crippen LogP contribution in [0.1, 0.15) is 26.6 Å². The van der Waals surface area contributed by atoms with Crippen LogP contribution in [0.15, 0.2) is 18.2 Å². The predicted molar refractivity (Wildman–Crippen MR) is 80.4 cm³/mol. The molecule has 0 saturated carbocycles. The smallest absolute Gasteiger partial charge is 0.151 e. The van der Waals surface area contributed by atoms with Gasteiger partial charge in [0.2, 0.25) is 0 Å². The molecule has 21 heavy (non-hydrogen) atoms. The fraction of sp³-hybridized carbons (Fsp3) is 0.286. The number of rotatable bonds is 2. The summed E-state index contributed by atoms with van der Waals surface area (Å²) in [5.41, 5.74) is -0.389. The summed E-state index contributed by atoms with van der Waals surface area (Å²) >= 11 is 11.8. The largest absolute Gasteiger partial charge is 0.336 e. The van der Waals surface area contributed by atoms with Crippen molar-refractivity contribution in [3.05, 3.63) is 45.8 Å². The molecule has 7 heteroatoms. The molecule has 0 atom stereocenters. The van der Waals surface area contributed by atoms with Crippen LogP contribution in [0.2, 0.25) is 10.2 Å². The monoisotopic (exact) mass is 331 g/mol. The third-order valence-electron chi connectivity index (χ3n) is 2.63. The van der Waals surface area contributed by atoms with E-state index in [0.717, 1.165) is 12.1 Å². The van der Waals surface area contributed by atoms with Crippen LogP contribution in [0.3, 0.4) is 0 Å². The van der Waals surface area contributed by atoms with E-state index in [1.54, 1.807) is 0 Å². The van der Waals surface area contributed by atoms with Crippen LogP contribution in [0.5, 0.6) is 0 Å². The number of nitrogens with one attached hydrogen (secondary N) is 1. The normalized spacial score (nSPS) is 11.6. The van der Waals surface area contributed by atoms with E-state index in [-0.39, 0.29) is 27.1 Å². The second-order valence-electron chi connectivity index (χ2n) is 5.52. The maximum Gasteiger partial charge on any atom is 0.151 e. The van der Waals surface area contributed by atoms with Gasteiger partial charge in [0.15, 0.2) is 5.82 Å². The van der Waals surface area contributed by atoms with Crippen molar-refractivity contribution in [2.24, 2.45) is 0 Å². The summed E-state index contributed by atoms with van der Waals surface area (Å²) < 4.78 is 26.8. The molecule has 0 saturated heterocycles. The Hall–Kier alpha value is -1.46. The van der Waals surface area contributed by atoms with E-state index < -0.39 is 11.6 Å². The molecule has 0 bridgehead atoms. The fourth-order valence-corrected chi connectivity index (χ4v) is 2.03. The van der Waals surface area contributed by atoms with Gasteiger partial charge in [0, 0.05) is 17.5 Å². The molecule has 2 rings (SSSR count). The molecule has 1 aromatic carbocycles. The first-order valence-electron chi connectivity index (χ1n) is 6.13. The highest BCUT2D eigenvalue weighted by molar-refractivity contribution is 6.33.